The lowest BCUT2D eigenvalue weighted by atomic mass is 10.2. The van der Waals surface area contributed by atoms with E-state index in [1.165, 1.54) is 0 Å². The van der Waals surface area contributed by atoms with Crippen molar-refractivity contribution in [3.05, 3.63) is 54.6 Å². The van der Waals surface area contributed by atoms with Crippen molar-refractivity contribution in [2.45, 2.75) is 19.8 Å². The molecule has 2 aromatic heterocycles. The number of unbranched alkanes of at least 4 members (excludes halogenated alkanes) is 1. The van der Waals surface area contributed by atoms with Gasteiger partial charge in [0, 0.05) is 5.56 Å². The molecule has 0 aliphatic heterocycles. The summed E-state index contributed by atoms with van der Waals surface area (Å²) in [5, 5.41) is 0. The predicted octanol–water partition coefficient (Wildman–Crippen LogP) is 5.51. The molecule has 150 valence electrons. The number of rotatable bonds is 6. The summed E-state index contributed by atoms with van der Waals surface area (Å²) in [6, 6.07) is 17.8. The van der Waals surface area contributed by atoms with Gasteiger partial charge < -0.3 is 14.5 Å². The first-order chi connectivity index (χ1) is 14.7. The molecule has 0 radical (unpaired) electrons. The molecule has 0 spiro atoms. The number of hydrogen-bond donors (Lipinski definition) is 1. The van der Waals surface area contributed by atoms with Crippen molar-refractivity contribution in [2.75, 3.05) is 13.7 Å². The van der Waals surface area contributed by atoms with Crippen molar-refractivity contribution in [3.8, 4) is 22.9 Å². The number of aromatic nitrogens is 4. The molecule has 5 aromatic rings. The summed E-state index contributed by atoms with van der Waals surface area (Å²) in [5.41, 5.74) is 6.25. The second-order valence-corrected chi connectivity index (χ2v) is 7.23. The predicted molar refractivity (Wildman–Crippen MR) is 119 cm³/mol. The Morgan fingerprint density at radius 2 is 1.63 bits per heavy atom. The van der Waals surface area contributed by atoms with Gasteiger partial charge in [0.1, 0.15) is 0 Å². The monoisotopic (exact) mass is 398 g/mol. The Kier molecular flexibility index (Phi) is 4.67. The van der Waals surface area contributed by atoms with Gasteiger partial charge in [-0.2, -0.15) is 0 Å². The molecule has 3 aromatic carbocycles. The van der Waals surface area contributed by atoms with E-state index in [-0.39, 0.29) is 0 Å². The number of imidazole rings is 1. The van der Waals surface area contributed by atoms with Crippen molar-refractivity contribution in [2.24, 2.45) is 0 Å². The number of nitrogens with zero attached hydrogens (tertiary/aromatic N) is 3. The average molecular weight is 398 g/mol. The Balaban J connectivity index is 1.55. The van der Waals surface area contributed by atoms with Gasteiger partial charge in [0.15, 0.2) is 17.3 Å². The molecule has 2 heterocycles. The summed E-state index contributed by atoms with van der Waals surface area (Å²) in [5.74, 6) is 2.08. The van der Waals surface area contributed by atoms with Crippen LogP contribution in [0, 0.1) is 0 Å². The fourth-order valence-corrected chi connectivity index (χ4v) is 3.52. The van der Waals surface area contributed by atoms with Crippen LogP contribution in [0.1, 0.15) is 19.8 Å². The largest absolute Gasteiger partial charge is 0.493 e. The fraction of sp³-hybridized carbons (Fsp3) is 0.208. The van der Waals surface area contributed by atoms with Crippen molar-refractivity contribution in [3.63, 3.8) is 0 Å². The van der Waals surface area contributed by atoms with Crippen LogP contribution in [-0.2, 0) is 0 Å². The van der Waals surface area contributed by atoms with E-state index >= 15 is 0 Å². The van der Waals surface area contributed by atoms with Crippen LogP contribution in [0.15, 0.2) is 54.6 Å². The number of para-hydroxylation sites is 2. The molecule has 0 saturated heterocycles. The number of aromatic amines is 1. The molecule has 6 nitrogen and oxygen atoms in total. The third kappa shape index (κ3) is 3.30. The minimum Gasteiger partial charge on any atom is -0.493 e. The third-order valence-electron chi connectivity index (χ3n) is 5.14. The highest BCUT2D eigenvalue weighted by Gasteiger charge is 2.13. The van der Waals surface area contributed by atoms with Crippen LogP contribution in [0.4, 0.5) is 0 Å². The highest BCUT2D eigenvalue weighted by Crippen LogP contribution is 2.33. The fourth-order valence-electron chi connectivity index (χ4n) is 3.52. The SMILES string of the molecule is CCCCOc1ccc(-c2nc3cc4nc5ccccc5[nH]c4cc3n2)cc1OC. The van der Waals surface area contributed by atoms with E-state index in [2.05, 4.69) is 11.9 Å². The van der Waals surface area contributed by atoms with E-state index in [0.717, 1.165) is 57.3 Å². The molecule has 0 bridgehead atoms. The van der Waals surface area contributed by atoms with E-state index in [1.807, 2.05) is 54.6 Å². The number of methoxy groups -OCH3 is 1. The van der Waals surface area contributed by atoms with Gasteiger partial charge in [0.25, 0.3) is 0 Å². The van der Waals surface area contributed by atoms with Gasteiger partial charge in [-0.15, -0.1) is 0 Å². The first-order valence-electron chi connectivity index (χ1n) is 10.1. The summed E-state index contributed by atoms with van der Waals surface area (Å²) in [7, 11) is 1.65. The number of hydrogen-bond acceptors (Lipinski definition) is 5. The van der Waals surface area contributed by atoms with Crippen LogP contribution in [0.5, 0.6) is 11.5 Å². The first-order valence-corrected chi connectivity index (χ1v) is 10.1. The Morgan fingerprint density at radius 3 is 2.47 bits per heavy atom. The lowest BCUT2D eigenvalue weighted by Crippen LogP contribution is -1.99. The molecule has 0 unspecified atom stereocenters. The molecule has 5 rings (SSSR count). The molecule has 0 fully saturated rings. The van der Waals surface area contributed by atoms with Gasteiger partial charge >= 0.3 is 0 Å². The van der Waals surface area contributed by atoms with Crippen LogP contribution in [0.25, 0.3) is 44.5 Å². The first kappa shape index (κ1) is 18.4. The zero-order valence-corrected chi connectivity index (χ0v) is 17.0. The number of fused-ring (bicyclic) bond motifs is 3. The molecule has 0 aliphatic rings. The van der Waals surface area contributed by atoms with E-state index in [9.17, 15) is 0 Å². The van der Waals surface area contributed by atoms with E-state index in [4.69, 9.17) is 24.4 Å². The topological polar surface area (TPSA) is 72.9 Å². The summed E-state index contributed by atoms with van der Waals surface area (Å²) < 4.78 is 11.4. The standard InChI is InChI=1S/C24H22N4O2/c1-3-4-11-30-22-10-9-15(12-23(22)29-2)24-27-20-13-18-19(14-21(20)28-24)26-17-8-6-5-7-16(17)25-18/h5-10,12-14,25H,3-4,11H2,1-2H3. The van der Waals surface area contributed by atoms with Crippen molar-refractivity contribution >= 4 is 33.1 Å². The number of benzene rings is 3. The van der Waals surface area contributed by atoms with Crippen molar-refractivity contribution in [1.82, 2.24) is 19.9 Å². The number of nitrogens with one attached hydrogen (secondary N) is 1. The second-order valence-electron chi connectivity index (χ2n) is 7.23. The van der Waals surface area contributed by atoms with E-state index in [0.29, 0.717) is 18.2 Å². The molecule has 0 saturated carbocycles. The normalized spacial score (nSPS) is 11.4. The highest BCUT2D eigenvalue weighted by molar-refractivity contribution is 5.95. The Hall–Kier alpha value is -3.67. The van der Waals surface area contributed by atoms with Gasteiger partial charge in [0.05, 0.1) is 46.8 Å². The summed E-state index contributed by atoms with van der Waals surface area (Å²) >= 11 is 0. The average Bonchev–Trinajstić information content (AvgIpc) is 3.19. The Morgan fingerprint density at radius 1 is 0.800 bits per heavy atom. The highest BCUT2D eigenvalue weighted by atomic mass is 16.5. The lowest BCUT2D eigenvalue weighted by Gasteiger charge is -2.11. The molecule has 0 amide bonds. The van der Waals surface area contributed by atoms with Crippen molar-refractivity contribution < 1.29 is 9.47 Å². The number of ether oxygens (including phenoxy) is 2. The maximum atomic E-state index is 5.83. The van der Waals surface area contributed by atoms with Gasteiger partial charge in [-0.05, 0) is 48.9 Å². The summed E-state index contributed by atoms with van der Waals surface area (Å²) in [4.78, 5) is 17.7. The molecule has 30 heavy (non-hydrogen) atoms. The lowest BCUT2D eigenvalue weighted by molar-refractivity contribution is 0.288. The number of H-pyrrole nitrogens is 1. The van der Waals surface area contributed by atoms with Crippen LogP contribution >= 0.6 is 0 Å². The van der Waals surface area contributed by atoms with Crippen LogP contribution < -0.4 is 9.47 Å². The van der Waals surface area contributed by atoms with Gasteiger partial charge in [0.2, 0.25) is 0 Å². The van der Waals surface area contributed by atoms with Crippen LogP contribution in [0.2, 0.25) is 0 Å². The Labute approximate surface area is 173 Å². The van der Waals surface area contributed by atoms with Gasteiger partial charge in [-0.25, -0.2) is 15.0 Å². The second kappa shape index (κ2) is 7.63. The van der Waals surface area contributed by atoms with Gasteiger partial charge in [-0.1, -0.05) is 25.5 Å². The zero-order valence-electron chi connectivity index (χ0n) is 17.0. The van der Waals surface area contributed by atoms with Gasteiger partial charge in [-0.3, -0.25) is 0 Å². The third-order valence-corrected chi connectivity index (χ3v) is 5.14. The minimum atomic E-state index is 0.656. The van der Waals surface area contributed by atoms with E-state index in [1.54, 1.807) is 7.11 Å². The smallest absolute Gasteiger partial charge is 0.161 e. The van der Waals surface area contributed by atoms with Crippen LogP contribution in [-0.4, -0.2) is 33.7 Å². The summed E-state index contributed by atoms with van der Waals surface area (Å²) in [6.45, 7) is 2.81. The quantitative estimate of drug-likeness (QED) is 0.301. The summed E-state index contributed by atoms with van der Waals surface area (Å²) in [6.07, 6.45) is 2.10. The zero-order chi connectivity index (χ0) is 20.5. The molecular formula is C24H22N4O2. The minimum absolute atomic E-state index is 0.656. The maximum absolute atomic E-state index is 5.83. The Bertz CT molecular complexity index is 1290. The molecular weight excluding hydrogens is 376 g/mol. The molecule has 0 aliphatic carbocycles. The van der Waals surface area contributed by atoms with Crippen molar-refractivity contribution in [1.29, 1.82) is 0 Å². The maximum Gasteiger partial charge on any atom is 0.161 e. The molecule has 0 atom stereocenters. The molecule has 1 N–H and O–H groups in total. The van der Waals surface area contributed by atoms with Crippen LogP contribution in [0.3, 0.4) is 0 Å². The van der Waals surface area contributed by atoms with E-state index < -0.39 is 0 Å². The molecule has 6 heteroatoms.